The van der Waals surface area contributed by atoms with Crippen LogP contribution in [-0.2, 0) is 16.1 Å². The van der Waals surface area contributed by atoms with Crippen LogP contribution in [0.3, 0.4) is 0 Å². The van der Waals surface area contributed by atoms with Gasteiger partial charge in [-0.2, -0.15) is 11.8 Å². The van der Waals surface area contributed by atoms with E-state index in [0.29, 0.717) is 5.75 Å². The molecule has 0 amide bonds. The number of carbonyl (C=O) groups excluding carboxylic acids is 1. The Labute approximate surface area is 113 Å². The molecular formula is C13H21NO3S. The average Bonchev–Trinajstić information content (AvgIpc) is 2.39. The molecule has 4 nitrogen and oxygen atoms in total. The lowest BCUT2D eigenvalue weighted by molar-refractivity contribution is -0.698. The number of rotatable bonds is 7. The lowest BCUT2D eigenvalue weighted by Gasteiger charge is -1.96. The molecule has 5 heteroatoms. The quantitative estimate of drug-likeness (QED) is 0.535. The van der Waals surface area contributed by atoms with Gasteiger partial charge < -0.3 is 14.6 Å². The van der Waals surface area contributed by atoms with Crippen molar-refractivity contribution >= 4 is 17.7 Å². The molecule has 1 rings (SSSR count). The predicted molar refractivity (Wildman–Crippen MR) is 71.1 cm³/mol. The summed E-state index contributed by atoms with van der Waals surface area (Å²) in [7, 11) is 0. The number of carbonyl (C=O) groups is 1. The summed E-state index contributed by atoms with van der Waals surface area (Å²) in [5.74, 6) is -0.308. The third-order valence-electron chi connectivity index (χ3n) is 1.99. The summed E-state index contributed by atoms with van der Waals surface area (Å²) in [6.07, 6.45) is 6.11. The zero-order valence-corrected chi connectivity index (χ0v) is 11.8. The van der Waals surface area contributed by atoms with Crippen molar-refractivity contribution in [2.75, 3.05) is 25.2 Å². The van der Waals surface area contributed by atoms with Crippen molar-refractivity contribution < 1.29 is 19.2 Å². The first kappa shape index (κ1) is 16.9. The Balaban J connectivity index is 0.000000360. The lowest BCUT2D eigenvalue weighted by atomic mass is 10.5. The Hall–Kier alpha value is -1.07. The Kier molecular flexibility index (Phi) is 11.7. The van der Waals surface area contributed by atoms with Crippen LogP contribution in [0.15, 0.2) is 30.6 Å². The highest BCUT2D eigenvalue weighted by atomic mass is 32.2. The molecule has 0 fully saturated rings. The number of nitrogens with zero attached hydrogens (tertiary/aromatic N) is 1. The van der Waals surface area contributed by atoms with E-state index in [9.17, 15) is 9.90 Å². The number of aromatic nitrogens is 1. The second-order valence-corrected chi connectivity index (χ2v) is 4.41. The highest BCUT2D eigenvalue weighted by molar-refractivity contribution is 7.98. The van der Waals surface area contributed by atoms with Crippen molar-refractivity contribution in [1.82, 2.24) is 0 Å². The molecule has 1 aromatic rings. The van der Waals surface area contributed by atoms with Crippen molar-refractivity contribution in [1.29, 1.82) is 0 Å². The molecule has 0 N–H and O–H groups in total. The second kappa shape index (κ2) is 12.4. The number of thioether (sulfide) groups is 1. The molecule has 18 heavy (non-hydrogen) atoms. The van der Waals surface area contributed by atoms with Crippen LogP contribution in [0.2, 0.25) is 0 Å². The Morgan fingerprint density at radius 1 is 1.33 bits per heavy atom. The van der Waals surface area contributed by atoms with Gasteiger partial charge in [0.2, 0.25) is 0 Å². The molecule has 0 radical (unpaired) electrons. The van der Waals surface area contributed by atoms with Gasteiger partial charge in [0, 0.05) is 24.7 Å². The van der Waals surface area contributed by atoms with E-state index in [-0.39, 0.29) is 6.42 Å². The first-order valence-electron chi connectivity index (χ1n) is 5.91. The van der Waals surface area contributed by atoms with E-state index in [1.54, 1.807) is 0 Å². The zero-order valence-electron chi connectivity index (χ0n) is 11.0. The maximum atomic E-state index is 9.63. The SMILES string of the molecule is CCOCC[n+]1ccccc1.CSCCC(=O)[O-]. The third kappa shape index (κ3) is 11.4. The van der Waals surface area contributed by atoms with Crippen molar-refractivity contribution in [2.45, 2.75) is 19.9 Å². The molecule has 0 bridgehead atoms. The number of aliphatic carboxylic acids is 1. The van der Waals surface area contributed by atoms with E-state index in [0.717, 1.165) is 19.8 Å². The first-order chi connectivity index (χ1) is 8.70. The normalized spacial score (nSPS) is 9.44. The fourth-order valence-corrected chi connectivity index (χ4v) is 1.45. The van der Waals surface area contributed by atoms with Crippen LogP contribution in [0.5, 0.6) is 0 Å². The molecule has 0 saturated heterocycles. The first-order valence-corrected chi connectivity index (χ1v) is 7.30. The smallest absolute Gasteiger partial charge is 0.171 e. The summed E-state index contributed by atoms with van der Waals surface area (Å²) in [4.78, 5) is 9.63. The van der Waals surface area contributed by atoms with Crippen molar-refractivity contribution in [3.63, 3.8) is 0 Å². The molecule has 0 unspecified atom stereocenters. The minimum absolute atomic E-state index is 0.168. The van der Waals surface area contributed by atoms with Gasteiger partial charge in [-0.05, 0) is 25.4 Å². The van der Waals surface area contributed by atoms with Gasteiger partial charge in [0.25, 0.3) is 0 Å². The fourth-order valence-electron chi connectivity index (χ4n) is 1.08. The minimum atomic E-state index is -0.964. The van der Waals surface area contributed by atoms with E-state index < -0.39 is 5.97 Å². The number of hydrogen-bond donors (Lipinski definition) is 0. The van der Waals surface area contributed by atoms with Crippen molar-refractivity contribution in [3.8, 4) is 0 Å². The van der Waals surface area contributed by atoms with Gasteiger partial charge >= 0.3 is 0 Å². The number of carboxylic acid groups (broad SMARTS) is 1. The van der Waals surface area contributed by atoms with Crippen LogP contribution < -0.4 is 9.67 Å². The van der Waals surface area contributed by atoms with E-state index in [4.69, 9.17) is 4.74 Å². The molecule has 0 aliphatic rings. The van der Waals surface area contributed by atoms with E-state index in [1.807, 2.05) is 43.8 Å². The van der Waals surface area contributed by atoms with Crippen LogP contribution in [0.25, 0.3) is 0 Å². The summed E-state index contributed by atoms with van der Waals surface area (Å²) in [5.41, 5.74) is 0. The summed E-state index contributed by atoms with van der Waals surface area (Å²) in [6, 6.07) is 6.05. The standard InChI is InChI=1S/C9H14NO.C4H8O2S/c1-2-11-9-8-10-6-4-3-5-7-10;1-7-3-2-4(5)6/h3-7H,2,8-9H2,1H3;2-3H2,1H3,(H,5,6)/q+1;/p-1. The summed E-state index contributed by atoms with van der Waals surface area (Å²) in [5, 5.41) is 9.63. The van der Waals surface area contributed by atoms with Gasteiger partial charge in [-0.3, -0.25) is 0 Å². The van der Waals surface area contributed by atoms with Gasteiger partial charge in [-0.25, -0.2) is 4.57 Å². The molecule has 0 atom stereocenters. The Bertz CT molecular complexity index is 306. The van der Waals surface area contributed by atoms with Crippen LogP contribution in [0.1, 0.15) is 13.3 Å². The van der Waals surface area contributed by atoms with Gasteiger partial charge in [0.05, 0.1) is 0 Å². The van der Waals surface area contributed by atoms with Crippen molar-refractivity contribution in [2.24, 2.45) is 0 Å². The maximum Gasteiger partial charge on any atom is 0.171 e. The molecule has 0 aromatic carbocycles. The second-order valence-electron chi connectivity index (χ2n) is 3.43. The molecule has 0 aliphatic heterocycles. The lowest BCUT2D eigenvalue weighted by Crippen LogP contribution is -2.34. The summed E-state index contributed by atoms with van der Waals surface area (Å²) >= 11 is 1.51. The molecule has 1 heterocycles. The summed E-state index contributed by atoms with van der Waals surface area (Å²) in [6.45, 7) is 4.54. The highest BCUT2D eigenvalue weighted by Crippen LogP contribution is 1.92. The van der Waals surface area contributed by atoms with Crippen LogP contribution in [0, 0.1) is 0 Å². The minimum Gasteiger partial charge on any atom is -0.550 e. The topological polar surface area (TPSA) is 53.2 Å². The zero-order chi connectivity index (χ0) is 13.6. The average molecular weight is 271 g/mol. The van der Waals surface area contributed by atoms with E-state index in [1.165, 1.54) is 11.8 Å². The van der Waals surface area contributed by atoms with E-state index >= 15 is 0 Å². The number of hydrogen-bond acceptors (Lipinski definition) is 4. The van der Waals surface area contributed by atoms with Gasteiger partial charge in [-0.15, -0.1) is 0 Å². The Morgan fingerprint density at radius 3 is 2.44 bits per heavy atom. The molecule has 0 spiro atoms. The highest BCUT2D eigenvalue weighted by Gasteiger charge is 1.94. The van der Waals surface area contributed by atoms with Crippen LogP contribution >= 0.6 is 11.8 Å². The van der Waals surface area contributed by atoms with Crippen molar-refractivity contribution in [3.05, 3.63) is 30.6 Å². The maximum absolute atomic E-state index is 9.63. The van der Waals surface area contributed by atoms with Crippen LogP contribution in [-0.4, -0.2) is 31.2 Å². The monoisotopic (exact) mass is 271 g/mol. The predicted octanol–water partition coefficient (Wildman–Crippen LogP) is 0.500. The van der Waals surface area contributed by atoms with Gasteiger partial charge in [0.1, 0.15) is 6.61 Å². The largest absolute Gasteiger partial charge is 0.550 e. The molecule has 102 valence electrons. The van der Waals surface area contributed by atoms with Gasteiger partial charge in [0.15, 0.2) is 18.9 Å². The molecule has 1 aromatic heterocycles. The number of ether oxygens (including phenoxy) is 1. The molecular weight excluding hydrogens is 250 g/mol. The summed E-state index contributed by atoms with van der Waals surface area (Å²) < 4.78 is 7.32. The van der Waals surface area contributed by atoms with Crippen LogP contribution in [0.4, 0.5) is 0 Å². The van der Waals surface area contributed by atoms with E-state index in [2.05, 4.69) is 4.57 Å². The fraction of sp³-hybridized carbons (Fsp3) is 0.538. The number of pyridine rings is 1. The Morgan fingerprint density at radius 2 is 2.00 bits per heavy atom. The molecule has 0 saturated carbocycles. The molecule has 0 aliphatic carbocycles. The third-order valence-corrected chi connectivity index (χ3v) is 2.60. The van der Waals surface area contributed by atoms with Gasteiger partial charge in [-0.1, -0.05) is 6.07 Å². The number of carboxylic acids is 1.